The third-order valence-electron chi connectivity index (χ3n) is 5.54. The topological polar surface area (TPSA) is 6.48 Å². The van der Waals surface area contributed by atoms with E-state index in [2.05, 4.69) is 71.5 Å². The van der Waals surface area contributed by atoms with Crippen LogP contribution in [0.25, 0.3) is 0 Å². The molecule has 1 aliphatic heterocycles. The third-order valence-corrected chi connectivity index (χ3v) is 5.95. The van der Waals surface area contributed by atoms with Crippen LogP contribution in [0.1, 0.15) is 6.42 Å². The Morgan fingerprint density at radius 1 is 1.00 bits per heavy atom. The maximum Gasteiger partial charge on any atom is 0.0625 e. The number of piperazine rings is 1. The highest BCUT2D eigenvalue weighted by Crippen LogP contribution is 2.35. The second-order valence-electron chi connectivity index (χ2n) is 7.12. The summed E-state index contributed by atoms with van der Waals surface area (Å²) < 4.78 is 0. The molecule has 1 saturated heterocycles. The van der Waals surface area contributed by atoms with Crippen molar-refractivity contribution in [2.75, 3.05) is 33.2 Å². The SMILES string of the molecule is CN1CCN(C2C=CC3=C(C=C4C=CC=CC42)C(Cl)CC=C3)CC1. The minimum absolute atomic E-state index is 0.0855. The zero-order valence-electron chi connectivity index (χ0n) is 14.2. The molecule has 3 atom stereocenters. The van der Waals surface area contributed by atoms with E-state index >= 15 is 0 Å². The van der Waals surface area contributed by atoms with Crippen molar-refractivity contribution in [3.8, 4) is 0 Å². The van der Waals surface area contributed by atoms with Crippen LogP contribution in [0.4, 0.5) is 0 Å². The molecule has 0 aromatic rings. The molecule has 0 amide bonds. The maximum atomic E-state index is 6.60. The molecule has 3 aliphatic carbocycles. The standard InChI is InChI=1S/C21H25ClN2/c1-23-11-13-24(14-12-23)21-10-9-16-6-4-8-20(22)19(16)15-17-5-2-3-7-18(17)21/h2-7,9-10,15,18,20-21H,8,11-14H2,1H3. The van der Waals surface area contributed by atoms with Gasteiger partial charge in [0.15, 0.2) is 0 Å². The molecule has 3 heteroatoms. The van der Waals surface area contributed by atoms with Gasteiger partial charge in [-0.15, -0.1) is 11.6 Å². The van der Waals surface area contributed by atoms with Crippen LogP contribution in [0, 0.1) is 5.92 Å². The van der Waals surface area contributed by atoms with Crippen LogP contribution >= 0.6 is 11.6 Å². The quantitative estimate of drug-likeness (QED) is 0.671. The molecular formula is C21H25ClN2. The second-order valence-corrected chi connectivity index (χ2v) is 7.65. The van der Waals surface area contributed by atoms with Gasteiger partial charge in [0, 0.05) is 38.1 Å². The summed E-state index contributed by atoms with van der Waals surface area (Å²) in [7, 11) is 2.21. The Kier molecular flexibility index (Phi) is 4.62. The molecule has 126 valence electrons. The monoisotopic (exact) mass is 340 g/mol. The Balaban J connectivity index is 1.72. The van der Waals surface area contributed by atoms with Crippen molar-refractivity contribution in [2.45, 2.75) is 17.8 Å². The first-order valence-corrected chi connectivity index (χ1v) is 9.38. The number of likely N-dealkylation sites (N-methyl/N-ethyl adjacent to an activating group) is 1. The molecule has 4 aliphatic rings. The van der Waals surface area contributed by atoms with Crippen LogP contribution in [0.3, 0.4) is 0 Å². The average molecular weight is 341 g/mol. The molecule has 24 heavy (non-hydrogen) atoms. The van der Waals surface area contributed by atoms with Gasteiger partial charge in [-0.05, 0) is 30.2 Å². The van der Waals surface area contributed by atoms with Gasteiger partial charge >= 0.3 is 0 Å². The average Bonchev–Trinajstić information content (AvgIpc) is 2.58. The summed E-state index contributed by atoms with van der Waals surface area (Å²) in [6.07, 6.45) is 21.3. The van der Waals surface area contributed by atoms with Gasteiger partial charge in [-0.25, -0.2) is 0 Å². The first-order chi connectivity index (χ1) is 11.7. The van der Waals surface area contributed by atoms with Gasteiger partial charge in [0.1, 0.15) is 0 Å². The number of fused-ring (bicyclic) bond motifs is 1. The summed E-state index contributed by atoms with van der Waals surface area (Å²) in [6, 6.07) is 0.421. The highest BCUT2D eigenvalue weighted by Gasteiger charge is 2.30. The summed E-state index contributed by atoms with van der Waals surface area (Å²) in [4.78, 5) is 5.05. The normalized spacial score (nSPS) is 33.8. The van der Waals surface area contributed by atoms with Gasteiger partial charge in [-0.1, -0.05) is 54.7 Å². The van der Waals surface area contributed by atoms with E-state index in [0.717, 1.165) is 32.6 Å². The summed E-state index contributed by atoms with van der Waals surface area (Å²) in [6.45, 7) is 4.56. The molecule has 0 aromatic carbocycles. The Labute approximate surface area is 150 Å². The molecule has 0 radical (unpaired) electrons. The van der Waals surface area contributed by atoms with E-state index in [1.807, 2.05) is 0 Å². The van der Waals surface area contributed by atoms with Crippen molar-refractivity contribution in [2.24, 2.45) is 5.92 Å². The van der Waals surface area contributed by atoms with Crippen LogP contribution in [-0.2, 0) is 0 Å². The number of hydrogen-bond acceptors (Lipinski definition) is 2. The summed E-state index contributed by atoms with van der Waals surface area (Å²) in [5, 5.41) is 0.0855. The minimum Gasteiger partial charge on any atom is -0.304 e. The second kappa shape index (κ2) is 6.87. The number of halogens is 1. The van der Waals surface area contributed by atoms with E-state index in [9.17, 15) is 0 Å². The Bertz CT molecular complexity index is 672. The fourth-order valence-corrected chi connectivity index (χ4v) is 4.33. The molecule has 0 saturated carbocycles. The van der Waals surface area contributed by atoms with Crippen LogP contribution in [0.15, 0.2) is 71.4 Å². The number of alkyl halides is 1. The highest BCUT2D eigenvalue weighted by atomic mass is 35.5. The summed E-state index contributed by atoms with van der Waals surface area (Å²) in [5.41, 5.74) is 3.93. The Hall–Kier alpha value is -1.35. The van der Waals surface area contributed by atoms with Gasteiger partial charge in [-0.3, -0.25) is 4.90 Å². The summed E-state index contributed by atoms with van der Waals surface area (Å²) >= 11 is 6.60. The zero-order chi connectivity index (χ0) is 16.5. The molecule has 3 unspecified atom stereocenters. The van der Waals surface area contributed by atoms with Crippen LogP contribution in [0.5, 0.6) is 0 Å². The van der Waals surface area contributed by atoms with E-state index in [1.165, 1.54) is 16.7 Å². The lowest BCUT2D eigenvalue weighted by Gasteiger charge is -2.41. The minimum atomic E-state index is 0.0855. The number of nitrogens with zero attached hydrogens (tertiary/aromatic N) is 2. The lowest BCUT2D eigenvalue weighted by Crippen LogP contribution is -2.50. The highest BCUT2D eigenvalue weighted by molar-refractivity contribution is 6.23. The lowest BCUT2D eigenvalue weighted by molar-refractivity contribution is 0.118. The van der Waals surface area contributed by atoms with Gasteiger partial charge in [-0.2, -0.15) is 0 Å². The lowest BCUT2D eigenvalue weighted by atomic mass is 9.81. The van der Waals surface area contributed by atoms with E-state index in [1.54, 1.807) is 0 Å². The predicted molar refractivity (Wildman–Crippen MR) is 102 cm³/mol. The number of hydrogen-bond donors (Lipinski definition) is 0. The molecule has 0 spiro atoms. The molecule has 0 aromatic heterocycles. The van der Waals surface area contributed by atoms with Crippen molar-refractivity contribution in [1.82, 2.24) is 9.80 Å². The first kappa shape index (κ1) is 16.1. The van der Waals surface area contributed by atoms with Crippen molar-refractivity contribution in [3.63, 3.8) is 0 Å². The molecule has 1 heterocycles. The molecule has 2 nitrogen and oxygen atoms in total. The van der Waals surface area contributed by atoms with Crippen LogP contribution < -0.4 is 0 Å². The van der Waals surface area contributed by atoms with E-state index < -0.39 is 0 Å². The zero-order valence-corrected chi connectivity index (χ0v) is 15.0. The fraction of sp³-hybridized carbons (Fsp3) is 0.429. The van der Waals surface area contributed by atoms with Crippen molar-refractivity contribution in [1.29, 1.82) is 0 Å². The van der Waals surface area contributed by atoms with Crippen molar-refractivity contribution < 1.29 is 0 Å². The molecule has 1 fully saturated rings. The van der Waals surface area contributed by atoms with Gasteiger partial charge in [0.05, 0.1) is 5.38 Å². The number of allylic oxidation sites excluding steroid dienone is 9. The van der Waals surface area contributed by atoms with E-state index in [0.29, 0.717) is 12.0 Å². The summed E-state index contributed by atoms with van der Waals surface area (Å²) in [5.74, 6) is 0.415. The molecule has 4 rings (SSSR count). The smallest absolute Gasteiger partial charge is 0.0625 e. The molecule has 0 N–H and O–H groups in total. The Morgan fingerprint density at radius 2 is 1.83 bits per heavy atom. The van der Waals surface area contributed by atoms with E-state index in [4.69, 9.17) is 11.6 Å². The van der Waals surface area contributed by atoms with Crippen molar-refractivity contribution in [3.05, 3.63) is 71.4 Å². The number of rotatable bonds is 1. The van der Waals surface area contributed by atoms with Gasteiger partial charge in [0.2, 0.25) is 0 Å². The first-order valence-electron chi connectivity index (χ1n) is 8.94. The molecule has 0 bridgehead atoms. The maximum absolute atomic E-state index is 6.60. The Morgan fingerprint density at radius 3 is 2.67 bits per heavy atom. The molecular weight excluding hydrogens is 316 g/mol. The van der Waals surface area contributed by atoms with Crippen LogP contribution in [-0.4, -0.2) is 54.4 Å². The third kappa shape index (κ3) is 3.11. The van der Waals surface area contributed by atoms with Crippen LogP contribution in [0.2, 0.25) is 0 Å². The van der Waals surface area contributed by atoms with E-state index in [-0.39, 0.29) is 5.38 Å². The van der Waals surface area contributed by atoms with Gasteiger partial charge in [0.25, 0.3) is 0 Å². The van der Waals surface area contributed by atoms with Crippen molar-refractivity contribution >= 4 is 11.6 Å². The predicted octanol–water partition coefficient (Wildman–Crippen LogP) is 3.70. The fourth-order valence-electron chi connectivity index (χ4n) is 4.04. The largest absolute Gasteiger partial charge is 0.304 e. The van der Waals surface area contributed by atoms with Gasteiger partial charge < -0.3 is 4.90 Å².